The molecule has 0 aliphatic heterocycles. The van der Waals surface area contributed by atoms with Gasteiger partial charge in [0, 0.05) is 11.3 Å². The lowest BCUT2D eigenvalue weighted by Crippen LogP contribution is -2.13. The minimum Gasteiger partial charge on any atom is -0.493 e. The minimum atomic E-state index is -0.512. The summed E-state index contributed by atoms with van der Waals surface area (Å²) < 4.78 is 24.8. The summed E-state index contributed by atoms with van der Waals surface area (Å²) >= 11 is 0. The molecule has 3 aromatic carbocycles. The molecule has 0 saturated carbocycles. The van der Waals surface area contributed by atoms with Gasteiger partial charge >= 0.3 is 0 Å². The molecular weight excluding hydrogens is 383 g/mol. The number of carbonyl (C=O) groups is 1. The van der Waals surface area contributed by atoms with E-state index in [-0.39, 0.29) is 18.0 Å². The highest BCUT2D eigenvalue weighted by Crippen LogP contribution is 2.30. The van der Waals surface area contributed by atoms with Crippen LogP contribution in [0.3, 0.4) is 0 Å². The molecule has 0 unspecified atom stereocenters. The number of halogens is 1. The van der Waals surface area contributed by atoms with Crippen LogP contribution in [0.5, 0.6) is 11.5 Å². The number of rotatable bonds is 7. The van der Waals surface area contributed by atoms with Gasteiger partial charge in [0.25, 0.3) is 5.91 Å². The molecule has 0 fully saturated rings. The van der Waals surface area contributed by atoms with E-state index in [0.717, 1.165) is 0 Å². The van der Waals surface area contributed by atoms with Crippen LogP contribution in [0.4, 0.5) is 10.1 Å². The van der Waals surface area contributed by atoms with Crippen LogP contribution in [0.2, 0.25) is 0 Å². The topological polar surface area (TPSA) is 71.3 Å². The number of methoxy groups -OCH3 is 1. The Morgan fingerprint density at radius 2 is 1.80 bits per heavy atom. The maximum absolute atomic E-state index is 13.8. The smallest absolute Gasteiger partial charge is 0.266 e. The standard InChI is InChI=1S/C24H19FN2O3/c1-29-23-14-17(11-12-22(23)30-16-18-7-5-6-10-21(18)25)13-19(15-26)24(28)27-20-8-3-2-4-9-20/h2-14H,16H2,1H3,(H,27,28)/b19-13-. The fraction of sp³-hybridized carbons (Fsp3) is 0.0833. The number of nitrogens with one attached hydrogen (secondary N) is 1. The van der Waals surface area contributed by atoms with Crippen LogP contribution in [0, 0.1) is 17.1 Å². The van der Waals surface area contributed by atoms with Crippen LogP contribution in [0.15, 0.2) is 78.4 Å². The van der Waals surface area contributed by atoms with Gasteiger partial charge in [-0.15, -0.1) is 0 Å². The largest absolute Gasteiger partial charge is 0.493 e. The Hall–Kier alpha value is -4.11. The summed E-state index contributed by atoms with van der Waals surface area (Å²) in [7, 11) is 1.48. The third-order valence-electron chi connectivity index (χ3n) is 4.24. The predicted molar refractivity (Wildman–Crippen MR) is 112 cm³/mol. The van der Waals surface area contributed by atoms with Crippen LogP contribution in [0.25, 0.3) is 6.08 Å². The molecule has 5 nitrogen and oxygen atoms in total. The van der Waals surface area contributed by atoms with Crippen molar-refractivity contribution in [2.24, 2.45) is 0 Å². The average molecular weight is 402 g/mol. The second-order valence-corrected chi connectivity index (χ2v) is 6.28. The van der Waals surface area contributed by atoms with Crippen molar-refractivity contribution in [2.75, 3.05) is 12.4 Å². The van der Waals surface area contributed by atoms with Crippen LogP contribution in [-0.2, 0) is 11.4 Å². The molecule has 0 spiro atoms. The van der Waals surface area contributed by atoms with E-state index in [1.807, 2.05) is 12.1 Å². The number of carbonyl (C=O) groups excluding carboxylic acids is 1. The molecule has 0 bridgehead atoms. The number of hydrogen-bond acceptors (Lipinski definition) is 4. The highest BCUT2D eigenvalue weighted by Gasteiger charge is 2.12. The van der Waals surface area contributed by atoms with E-state index in [1.165, 1.54) is 19.3 Å². The van der Waals surface area contributed by atoms with E-state index in [0.29, 0.717) is 28.3 Å². The number of anilines is 1. The minimum absolute atomic E-state index is 0.0428. The van der Waals surface area contributed by atoms with Crippen molar-refractivity contribution < 1.29 is 18.7 Å². The molecule has 3 rings (SSSR count). The molecule has 0 aromatic heterocycles. The van der Waals surface area contributed by atoms with Gasteiger partial charge in [-0.2, -0.15) is 5.26 Å². The molecule has 0 aliphatic rings. The number of hydrogen-bond donors (Lipinski definition) is 1. The lowest BCUT2D eigenvalue weighted by molar-refractivity contribution is -0.112. The van der Waals surface area contributed by atoms with Gasteiger partial charge in [-0.05, 0) is 42.0 Å². The summed E-state index contributed by atoms with van der Waals surface area (Å²) in [5, 5.41) is 12.1. The van der Waals surface area contributed by atoms with Crippen LogP contribution >= 0.6 is 0 Å². The van der Waals surface area contributed by atoms with Crippen molar-refractivity contribution in [3.8, 4) is 17.6 Å². The third-order valence-corrected chi connectivity index (χ3v) is 4.24. The summed E-state index contributed by atoms with van der Waals surface area (Å²) in [6.07, 6.45) is 1.46. The van der Waals surface area contributed by atoms with Gasteiger partial charge < -0.3 is 14.8 Å². The zero-order chi connectivity index (χ0) is 21.3. The molecule has 0 heterocycles. The molecule has 1 N–H and O–H groups in total. The van der Waals surface area contributed by atoms with Crippen LogP contribution in [0.1, 0.15) is 11.1 Å². The zero-order valence-corrected chi connectivity index (χ0v) is 16.3. The molecule has 3 aromatic rings. The lowest BCUT2D eigenvalue weighted by atomic mass is 10.1. The van der Waals surface area contributed by atoms with Gasteiger partial charge in [-0.25, -0.2) is 4.39 Å². The number of nitrogens with zero attached hydrogens (tertiary/aromatic N) is 1. The molecule has 30 heavy (non-hydrogen) atoms. The summed E-state index contributed by atoms with van der Waals surface area (Å²) in [5.41, 5.74) is 1.55. The van der Waals surface area contributed by atoms with Crippen LogP contribution in [-0.4, -0.2) is 13.0 Å². The van der Waals surface area contributed by atoms with Gasteiger partial charge in [0.05, 0.1) is 7.11 Å². The lowest BCUT2D eigenvalue weighted by Gasteiger charge is -2.12. The van der Waals surface area contributed by atoms with Gasteiger partial charge in [0.2, 0.25) is 0 Å². The highest BCUT2D eigenvalue weighted by molar-refractivity contribution is 6.09. The quantitative estimate of drug-likeness (QED) is 0.448. The molecule has 0 radical (unpaired) electrons. The maximum Gasteiger partial charge on any atom is 0.266 e. The predicted octanol–water partition coefficient (Wildman–Crippen LogP) is 4.96. The fourth-order valence-electron chi connectivity index (χ4n) is 2.70. The first-order chi connectivity index (χ1) is 14.6. The van der Waals surface area contributed by atoms with Crippen molar-refractivity contribution in [1.29, 1.82) is 5.26 Å². The Kier molecular flexibility index (Phi) is 6.80. The molecule has 150 valence electrons. The monoisotopic (exact) mass is 402 g/mol. The van der Waals surface area contributed by atoms with Crippen LogP contribution < -0.4 is 14.8 Å². The fourth-order valence-corrected chi connectivity index (χ4v) is 2.70. The molecule has 0 saturated heterocycles. The number of benzene rings is 3. The van der Waals surface area contributed by atoms with Gasteiger partial charge in [-0.3, -0.25) is 4.79 Å². The second-order valence-electron chi connectivity index (χ2n) is 6.28. The van der Waals surface area contributed by atoms with E-state index < -0.39 is 5.91 Å². The van der Waals surface area contributed by atoms with Gasteiger partial charge in [-0.1, -0.05) is 42.5 Å². The normalized spacial score (nSPS) is 10.8. The van der Waals surface area contributed by atoms with Crippen molar-refractivity contribution in [3.63, 3.8) is 0 Å². The van der Waals surface area contributed by atoms with Gasteiger partial charge in [0.15, 0.2) is 11.5 Å². The van der Waals surface area contributed by atoms with Gasteiger partial charge in [0.1, 0.15) is 24.1 Å². The second kappa shape index (κ2) is 9.89. The number of para-hydroxylation sites is 1. The molecule has 6 heteroatoms. The summed E-state index contributed by atoms with van der Waals surface area (Å²) in [4.78, 5) is 12.4. The Balaban J connectivity index is 1.76. The first-order valence-corrected chi connectivity index (χ1v) is 9.13. The summed E-state index contributed by atoms with van der Waals surface area (Å²) in [5.74, 6) is -0.0346. The molecular formula is C24H19FN2O3. The highest BCUT2D eigenvalue weighted by atomic mass is 19.1. The summed E-state index contributed by atoms with van der Waals surface area (Å²) in [6, 6.07) is 22.1. The van der Waals surface area contributed by atoms with Crippen molar-refractivity contribution in [3.05, 3.63) is 95.3 Å². The first kappa shape index (κ1) is 20.6. The number of ether oxygens (including phenoxy) is 2. The van der Waals surface area contributed by atoms with E-state index in [9.17, 15) is 14.4 Å². The Morgan fingerprint density at radius 1 is 1.07 bits per heavy atom. The summed E-state index contributed by atoms with van der Waals surface area (Å²) in [6.45, 7) is 0.0428. The maximum atomic E-state index is 13.8. The van der Waals surface area contributed by atoms with E-state index >= 15 is 0 Å². The first-order valence-electron chi connectivity index (χ1n) is 9.13. The van der Waals surface area contributed by atoms with E-state index in [2.05, 4.69) is 5.32 Å². The van der Waals surface area contributed by atoms with E-state index in [4.69, 9.17) is 9.47 Å². The number of amides is 1. The SMILES string of the molecule is COc1cc(/C=C(/C#N)C(=O)Nc2ccccc2)ccc1OCc1ccccc1F. The van der Waals surface area contributed by atoms with Crippen molar-refractivity contribution in [1.82, 2.24) is 0 Å². The number of nitriles is 1. The average Bonchev–Trinajstić information content (AvgIpc) is 2.77. The Morgan fingerprint density at radius 3 is 2.50 bits per heavy atom. The zero-order valence-electron chi connectivity index (χ0n) is 16.3. The molecule has 0 aliphatic carbocycles. The van der Waals surface area contributed by atoms with E-state index in [1.54, 1.807) is 60.7 Å². The van der Waals surface area contributed by atoms with Crippen molar-refractivity contribution in [2.45, 2.75) is 6.61 Å². The molecule has 1 amide bonds. The Bertz CT molecular complexity index is 1100. The third kappa shape index (κ3) is 5.24. The van der Waals surface area contributed by atoms with Crippen molar-refractivity contribution >= 4 is 17.7 Å². The Labute approximate surface area is 174 Å². The molecule has 0 atom stereocenters.